The molecule has 1 aromatic carbocycles. The van der Waals surface area contributed by atoms with E-state index in [0.29, 0.717) is 11.5 Å². The fourth-order valence-corrected chi connectivity index (χ4v) is 2.96. The Labute approximate surface area is 137 Å². The van der Waals surface area contributed by atoms with E-state index >= 15 is 0 Å². The van der Waals surface area contributed by atoms with Crippen LogP contribution in [0.1, 0.15) is 26.9 Å². The topological polar surface area (TPSA) is 67.5 Å². The van der Waals surface area contributed by atoms with Crippen LogP contribution in [-0.2, 0) is 0 Å². The van der Waals surface area contributed by atoms with Gasteiger partial charge in [-0.15, -0.1) is 11.3 Å². The van der Waals surface area contributed by atoms with E-state index in [1.807, 2.05) is 50.2 Å². The van der Waals surface area contributed by atoms with Gasteiger partial charge >= 0.3 is 0 Å². The van der Waals surface area contributed by atoms with Gasteiger partial charge in [0.1, 0.15) is 22.2 Å². The van der Waals surface area contributed by atoms with Crippen molar-refractivity contribution >= 4 is 23.5 Å². The Balaban J connectivity index is 1.73. The van der Waals surface area contributed by atoms with Crippen LogP contribution in [-0.4, -0.2) is 17.1 Å². The summed E-state index contributed by atoms with van der Waals surface area (Å²) in [6.45, 7) is 3.72. The number of hydrogen-bond donors (Lipinski definition) is 1. The van der Waals surface area contributed by atoms with Crippen LogP contribution < -0.4 is 5.43 Å². The number of carbonyl (C=O) groups is 1. The van der Waals surface area contributed by atoms with Crippen LogP contribution in [0.15, 0.2) is 52.0 Å². The molecular weight excluding hydrogens is 310 g/mol. The van der Waals surface area contributed by atoms with Crippen LogP contribution in [0.4, 0.5) is 0 Å². The number of nitrogens with one attached hydrogen (secondary N) is 1. The molecule has 0 aliphatic rings. The number of benzene rings is 1. The molecule has 1 N–H and O–H groups in total. The van der Waals surface area contributed by atoms with E-state index in [1.165, 1.54) is 17.6 Å². The SMILES string of the molecule is Cc1ccc(/C=N\NC(=O)c2nc(-c3ccccc3)sc2C)o1. The number of thiazole rings is 1. The maximum Gasteiger partial charge on any atom is 0.291 e. The van der Waals surface area contributed by atoms with Crippen molar-refractivity contribution in [2.75, 3.05) is 0 Å². The summed E-state index contributed by atoms with van der Waals surface area (Å²) in [5.41, 5.74) is 3.86. The van der Waals surface area contributed by atoms with Crippen molar-refractivity contribution in [2.24, 2.45) is 5.10 Å². The Bertz CT molecular complexity index is 850. The molecule has 2 aromatic heterocycles. The number of hydrazone groups is 1. The molecule has 0 radical (unpaired) electrons. The van der Waals surface area contributed by atoms with Crippen molar-refractivity contribution < 1.29 is 9.21 Å². The number of rotatable bonds is 4. The molecule has 0 aliphatic heterocycles. The number of hydrogen-bond acceptors (Lipinski definition) is 5. The summed E-state index contributed by atoms with van der Waals surface area (Å²) in [6, 6.07) is 13.4. The molecule has 0 fully saturated rings. The van der Waals surface area contributed by atoms with Gasteiger partial charge in [-0.25, -0.2) is 10.4 Å². The number of carbonyl (C=O) groups excluding carboxylic acids is 1. The Morgan fingerprint density at radius 1 is 1.22 bits per heavy atom. The van der Waals surface area contributed by atoms with Crippen LogP contribution >= 0.6 is 11.3 Å². The van der Waals surface area contributed by atoms with Crippen molar-refractivity contribution in [3.63, 3.8) is 0 Å². The molecule has 3 rings (SSSR count). The highest BCUT2D eigenvalue weighted by atomic mass is 32.1. The lowest BCUT2D eigenvalue weighted by Crippen LogP contribution is -2.18. The predicted molar refractivity (Wildman–Crippen MR) is 90.8 cm³/mol. The first-order chi connectivity index (χ1) is 11.1. The van der Waals surface area contributed by atoms with E-state index in [9.17, 15) is 4.79 Å². The van der Waals surface area contributed by atoms with Crippen LogP contribution in [0.2, 0.25) is 0 Å². The van der Waals surface area contributed by atoms with Crippen LogP contribution in [0.25, 0.3) is 10.6 Å². The maximum absolute atomic E-state index is 12.2. The molecule has 0 saturated heterocycles. The van der Waals surface area contributed by atoms with Crippen molar-refractivity contribution in [2.45, 2.75) is 13.8 Å². The van der Waals surface area contributed by atoms with Gasteiger partial charge in [0.15, 0.2) is 0 Å². The van der Waals surface area contributed by atoms with E-state index in [2.05, 4.69) is 15.5 Å². The molecule has 0 unspecified atom stereocenters. The van der Waals surface area contributed by atoms with E-state index in [4.69, 9.17) is 4.42 Å². The maximum atomic E-state index is 12.2. The molecule has 0 saturated carbocycles. The third-order valence-electron chi connectivity index (χ3n) is 3.15. The van der Waals surface area contributed by atoms with Crippen molar-refractivity contribution in [1.82, 2.24) is 10.4 Å². The van der Waals surface area contributed by atoms with Crippen molar-refractivity contribution in [3.8, 4) is 10.6 Å². The zero-order valence-electron chi connectivity index (χ0n) is 12.7. The molecule has 2 heterocycles. The van der Waals surface area contributed by atoms with Gasteiger partial charge in [0.2, 0.25) is 0 Å². The largest absolute Gasteiger partial charge is 0.460 e. The first-order valence-corrected chi connectivity index (χ1v) is 7.88. The monoisotopic (exact) mass is 325 g/mol. The van der Waals surface area contributed by atoms with Gasteiger partial charge in [0.05, 0.1) is 6.21 Å². The molecule has 5 nitrogen and oxygen atoms in total. The fraction of sp³-hybridized carbons (Fsp3) is 0.118. The Morgan fingerprint density at radius 2 is 2.00 bits per heavy atom. The Hall–Kier alpha value is -2.73. The summed E-state index contributed by atoms with van der Waals surface area (Å²) in [5.74, 6) is 1.05. The summed E-state index contributed by atoms with van der Waals surface area (Å²) >= 11 is 1.49. The number of aromatic nitrogens is 1. The highest BCUT2D eigenvalue weighted by molar-refractivity contribution is 7.15. The van der Waals surface area contributed by atoms with Gasteiger partial charge in [-0.1, -0.05) is 30.3 Å². The van der Waals surface area contributed by atoms with E-state index in [0.717, 1.165) is 21.2 Å². The third-order valence-corrected chi connectivity index (χ3v) is 4.17. The van der Waals surface area contributed by atoms with Gasteiger partial charge in [0, 0.05) is 10.4 Å². The average Bonchev–Trinajstić information content (AvgIpc) is 3.14. The highest BCUT2D eigenvalue weighted by Gasteiger charge is 2.15. The van der Waals surface area contributed by atoms with Gasteiger partial charge < -0.3 is 4.42 Å². The molecule has 0 atom stereocenters. The summed E-state index contributed by atoms with van der Waals surface area (Å²) in [7, 11) is 0. The molecule has 3 aromatic rings. The smallest absolute Gasteiger partial charge is 0.291 e. The van der Waals surface area contributed by atoms with Gasteiger partial charge in [-0.2, -0.15) is 5.10 Å². The molecule has 1 amide bonds. The molecule has 6 heteroatoms. The van der Waals surface area contributed by atoms with Gasteiger partial charge in [-0.05, 0) is 26.0 Å². The second-order valence-electron chi connectivity index (χ2n) is 4.94. The lowest BCUT2D eigenvalue weighted by molar-refractivity contribution is 0.0950. The molecule has 0 aliphatic carbocycles. The minimum absolute atomic E-state index is 0.333. The second-order valence-corrected chi connectivity index (χ2v) is 6.14. The predicted octanol–water partition coefficient (Wildman–Crippen LogP) is 3.78. The summed E-state index contributed by atoms with van der Waals surface area (Å²) in [4.78, 5) is 17.5. The number of amides is 1. The normalized spacial score (nSPS) is 11.0. The van der Waals surface area contributed by atoms with Gasteiger partial charge in [0.25, 0.3) is 5.91 Å². The Kier molecular flexibility index (Phi) is 4.34. The Morgan fingerprint density at radius 3 is 2.70 bits per heavy atom. The number of aryl methyl sites for hydroxylation is 2. The summed E-state index contributed by atoms with van der Waals surface area (Å²) in [5, 5.41) is 4.72. The van der Waals surface area contributed by atoms with E-state index in [-0.39, 0.29) is 5.91 Å². The lowest BCUT2D eigenvalue weighted by atomic mass is 10.2. The van der Waals surface area contributed by atoms with Crippen LogP contribution in [0, 0.1) is 13.8 Å². The van der Waals surface area contributed by atoms with Gasteiger partial charge in [-0.3, -0.25) is 4.79 Å². The zero-order chi connectivity index (χ0) is 16.2. The molecule has 116 valence electrons. The van der Waals surface area contributed by atoms with Crippen molar-refractivity contribution in [3.05, 3.63) is 64.6 Å². The molecule has 23 heavy (non-hydrogen) atoms. The first-order valence-electron chi connectivity index (χ1n) is 7.06. The van der Waals surface area contributed by atoms with Crippen LogP contribution in [0.3, 0.4) is 0 Å². The zero-order valence-corrected chi connectivity index (χ0v) is 13.6. The highest BCUT2D eigenvalue weighted by Crippen LogP contribution is 2.27. The first kappa shape index (κ1) is 15.2. The fourth-order valence-electron chi connectivity index (χ4n) is 2.04. The second kappa shape index (κ2) is 6.58. The lowest BCUT2D eigenvalue weighted by Gasteiger charge is -1.96. The van der Waals surface area contributed by atoms with E-state index in [1.54, 1.807) is 6.07 Å². The molecule has 0 bridgehead atoms. The molecule has 0 spiro atoms. The van der Waals surface area contributed by atoms with Crippen LogP contribution in [0.5, 0.6) is 0 Å². The minimum atomic E-state index is -0.333. The standard InChI is InChI=1S/C17H15N3O2S/c1-11-8-9-14(22-11)10-18-20-16(21)15-12(2)23-17(19-15)13-6-4-3-5-7-13/h3-10H,1-2H3,(H,20,21)/b18-10-. The number of furan rings is 1. The minimum Gasteiger partial charge on any atom is -0.460 e. The summed E-state index contributed by atoms with van der Waals surface area (Å²) in [6.07, 6.45) is 1.46. The summed E-state index contributed by atoms with van der Waals surface area (Å²) < 4.78 is 5.34. The average molecular weight is 325 g/mol. The van der Waals surface area contributed by atoms with E-state index < -0.39 is 0 Å². The third kappa shape index (κ3) is 3.54. The number of nitrogens with zero attached hydrogens (tertiary/aromatic N) is 2. The quantitative estimate of drug-likeness (QED) is 0.586. The van der Waals surface area contributed by atoms with Crippen molar-refractivity contribution in [1.29, 1.82) is 0 Å². The molecular formula is C17H15N3O2S.